The Kier molecular flexibility index (Phi) is 3.02. The molecule has 1 unspecified atom stereocenters. The summed E-state index contributed by atoms with van der Waals surface area (Å²) in [6.45, 7) is 10.6. The van der Waals surface area contributed by atoms with Gasteiger partial charge in [0, 0.05) is 11.4 Å². The maximum Gasteiger partial charge on any atom is 0.271 e. The van der Waals surface area contributed by atoms with Gasteiger partial charge in [-0.1, -0.05) is 27.7 Å². The van der Waals surface area contributed by atoms with Crippen LogP contribution >= 0.6 is 11.3 Å². The second-order valence-electron chi connectivity index (χ2n) is 6.21. The van der Waals surface area contributed by atoms with E-state index in [1.807, 2.05) is 6.92 Å². The number of nitrogens with two attached hydrogens (primary N) is 1. The number of nitrogens with zero attached hydrogens (tertiary/aromatic N) is 1. The van der Waals surface area contributed by atoms with Gasteiger partial charge in [-0.25, -0.2) is 4.98 Å². The van der Waals surface area contributed by atoms with E-state index in [4.69, 9.17) is 5.73 Å². The van der Waals surface area contributed by atoms with E-state index in [-0.39, 0.29) is 28.8 Å². The summed E-state index contributed by atoms with van der Waals surface area (Å²) in [5, 5.41) is 5.64. The summed E-state index contributed by atoms with van der Waals surface area (Å²) in [6, 6.07) is 0.0864. The van der Waals surface area contributed by atoms with E-state index in [1.54, 1.807) is 5.38 Å². The maximum atomic E-state index is 12.1. The van der Waals surface area contributed by atoms with Crippen LogP contribution in [0.2, 0.25) is 0 Å². The van der Waals surface area contributed by atoms with Crippen LogP contribution in [0, 0.1) is 10.8 Å². The molecule has 1 saturated carbocycles. The van der Waals surface area contributed by atoms with Crippen molar-refractivity contribution in [1.82, 2.24) is 10.3 Å². The fourth-order valence-corrected chi connectivity index (χ4v) is 3.12. The summed E-state index contributed by atoms with van der Waals surface area (Å²) in [5.74, 6) is -0.0956. The van der Waals surface area contributed by atoms with Gasteiger partial charge in [-0.15, -0.1) is 11.3 Å². The van der Waals surface area contributed by atoms with Crippen LogP contribution in [0.3, 0.4) is 0 Å². The van der Waals surface area contributed by atoms with Crippen LogP contribution in [0.5, 0.6) is 0 Å². The standard InChI is InChI=1S/C13H21N3OS/c1-7(14)10-15-8(6-18-10)9(17)16-11-12(2,3)13(11,4)5/h6-7,11H,14H2,1-5H3,(H,16,17). The van der Waals surface area contributed by atoms with E-state index in [9.17, 15) is 4.79 Å². The highest BCUT2D eigenvalue weighted by Crippen LogP contribution is 2.62. The molecule has 0 saturated heterocycles. The van der Waals surface area contributed by atoms with Gasteiger partial charge in [0.15, 0.2) is 0 Å². The molecule has 1 heterocycles. The Balaban J connectivity index is 2.05. The quantitative estimate of drug-likeness (QED) is 0.883. The van der Waals surface area contributed by atoms with Crippen molar-refractivity contribution in [3.63, 3.8) is 0 Å². The minimum absolute atomic E-state index is 0.0956. The van der Waals surface area contributed by atoms with Crippen LogP contribution in [0.1, 0.15) is 56.2 Å². The van der Waals surface area contributed by atoms with Crippen LogP contribution < -0.4 is 11.1 Å². The average molecular weight is 267 g/mol. The molecule has 1 aliphatic rings. The summed E-state index contributed by atoms with van der Waals surface area (Å²) < 4.78 is 0. The van der Waals surface area contributed by atoms with Crippen LogP contribution in [0.25, 0.3) is 0 Å². The fraction of sp³-hybridized carbons (Fsp3) is 0.692. The Hall–Kier alpha value is -0.940. The van der Waals surface area contributed by atoms with Gasteiger partial charge < -0.3 is 11.1 Å². The van der Waals surface area contributed by atoms with Crippen LogP contribution in [-0.2, 0) is 0 Å². The summed E-state index contributed by atoms with van der Waals surface area (Å²) in [6.07, 6.45) is 0. The number of amides is 1. The molecule has 0 bridgehead atoms. The van der Waals surface area contributed by atoms with E-state index in [2.05, 4.69) is 38.0 Å². The summed E-state index contributed by atoms with van der Waals surface area (Å²) >= 11 is 1.44. The van der Waals surface area contributed by atoms with Crippen molar-refractivity contribution in [1.29, 1.82) is 0 Å². The third kappa shape index (κ3) is 1.95. The molecule has 1 aliphatic carbocycles. The van der Waals surface area contributed by atoms with Crippen molar-refractivity contribution in [2.24, 2.45) is 16.6 Å². The molecule has 100 valence electrons. The van der Waals surface area contributed by atoms with Gasteiger partial charge in [0.2, 0.25) is 0 Å². The molecular formula is C13H21N3OS. The second-order valence-corrected chi connectivity index (χ2v) is 7.10. The molecule has 0 aromatic carbocycles. The maximum absolute atomic E-state index is 12.1. The number of aromatic nitrogens is 1. The largest absolute Gasteiger partial charge is 0.347 e. The zero-order chi connectivity index (χ0) is 13.7. The zero-order valence-corrected chi connectivity index (χ0v) is 12.4. The monoisotopic (exact) mass is 267 g/mol. The fourth-order valence-electron chi connectivity index (χ4n) is 2.36. The highest BCUT2D eigenvalue weighted by Gasteiger charge is 2.65. The molecule has 4 nitrogen and oxygen atoms in total. The summed E-state index contributed by atoms with van der Waals surface area (Å²) in [4.78, 5) is 16.4. The van der Waals surface area contributed by atoms with Crippen molar-refractivity contribution in [2.45, 2.75) is 46.7 Å². The Morgan fingerprint density at radius 3 is 2.39 bits per heavy atom. The number of carbonyl (C=O) groups is 1. The summed E-state index contributed by atoms with van der Waals surface area (Å²) in [5.41, 5.74) is 6.50. The van der Waals surface area contributed by atoms with E-state index >= 15 is 0 Å². The third-order valence-corrected chi connectivity index (χ3v) is 5.49. The molecular weight excluding hydrogens is 246 g/mol. The third-order valence-electron chi connectivity index (χ3n) is 4.44. The lowest BCUT2D eigenvalue weighted by atomic mass is 10.0. The van der Waals surface area contributed by atoms with Gasteiger partial charge in [-0.3, -0.25) is 4.79 Å². The van der Waals surface area contributed by atoms with Gasteiger partial charge >= 0.3 is 0 Å². The van der Waals surface area contributed by atoms with E-state index < -0.39 is 0 Å². The van der Waals surface area contributed by atoms with Gasteiger partial charge in [0.25, 0.3) is 5.91 Å². The van der Waals surface area contributed by atoms with Crippen molar-refractivity contribution in [3.8, 4) is 0 Å². The molecule has 1 aromatic rings. The predicted molar refractivity (Wildman–Crippen MR) is 73.5 cm³/mol. The van der Waals surface area contributed by atoms with E-state index in [1.165, 1.54) is 11.3 Å². The van der Waals surface area contributed by atoms with Crippen LogP contribution in [0.4, 0.5) is 0 Å². The molecule has 5 heteroatoms. The molecule has 1 amide bonds. The van der Waals surface area contributed by atoms with Crippen molar-refractivity contribution >= 4 is 17.2 Å². The second kappa shape index (κ2) is 4.03. The van der Waals surface area contributed by atoms with E-state index in [0.717, 1.165) is 5.01 Å². The molecule has 18 heavy (non-hydrogen) atoms. The molecule has 1 aromatic heterocycles. The lowest BCUT2D eigenvalue weighted by Gasteiger charge is -2.04. The molecule has 1 fully saturated rings. The molecule has 0 aliphatic heterocycles. The number of carbonyl (C=O) groups excluding carboxylic acids is 1. The van der Waals surface area contributed by atoms with Crippen LogP contribution in [-0.4, -0.2) is 16.9 Å². The van der Waals surface area contributed by atoms with Crippen molar-refractivity contribution in [2.75, 3.05) is 0 Å². The Bertz CT molecular complexity index is 462. The Morgan fingerprint density at radius 1 is 1.44 bits per heavy atom. The Labute approximate surface area is 112 Å². The van der Waals surface area contributed by atoms with E-state index in [0.29, 0.717) is 5.69 Å². The molecule has 0 spiro atoms. The first-order chi connectivity index (χ1) is 8.18. The first-order valence-electron chi connectivity index (χ1n) is 6.20. The average Bonchev–Trinajstić information content (AvgIpc) is 2.68. The number of hydrogen-bond acceptors (Lipinski definition) is 4. The van der Waals surface area contributed by atoms with Gasteiger partial charge in [-0.2, -0.15) is 0 Å². The molecule has 1 atom stereocenters. The lowest BCUT2D eigenvalue weighted by Crippen LogP contribution is -2.30. The predicted octanol–water partition coefficient (Wildman–Crippen LogP) is 2.33. The van der Waals surface area contributed by atoms with Gasteiger partial charge in [0.05, 0.1) is 6.04 Å². The molecule has 3 N–H and O–H groups in total. The first kappa shape index (κ1) is 13.5. The zero-order valence-electron chi connectivity index (χ0n) is 11.6. The SMILES string of the molecule is CC(N)c1nc(C(=O)NC2C(C)(C)C2(C)C)cs1. The Morgan fingerprint density at radius 2 is 2.00 bits per heavy atom. The summed E-state index contributed by atoms with van der Waals surface area (Å²) in [7, 11) is 0. The van der Waals surface area contributed by atoms with Gasteiger partial charge in [-0.05, 0) is 17.8 Å². The van der Waals surface area contributed by atoms with Crippen molar-refractivity contribution < 1.29 is 4.79 Å². The van der Waals surface area contributed by atoms with Crippen LogP contribution in [0.15, 0.2) is 5.38 Å². The normalized spacial score (nSPS) is 22.6. The minimum atomic E-state index is -0.120. The number of hydrogen-bond donors (Lipinski definition) is 2. The van der Waals surface area contributed by atoms with Gasteiger partial charge in [0.1, 0.15) is 10.7 Å². The lowest BCUT2D eigenvalue weighted by molar-refractivity contribution is 0.0939. The van der Waals surface area contributed by atoms with Crippen molar-refractivity contribution in [3.05, 3.63) is 16.1 Å². The minimum Gasteiger partial charge on any atom is -0.347 e. The smallest absolute Gasteiger partial charge is 0.271 e. The highest BCUT2D eigenvalue weighted by molar-refractivity contribution is 7.09. The number of nitrogens with one attached hydrogen (secondary N) is 1. The molecule has 0 radical (unpaired) electrons. The first-order valence-corrected chi connectivity index (χ1v) is 7.07. The molecule has 2 rings (SSSR count). The highest BCUT2D eigenvalue weighted by atomic mass is 32.1. The number of rotatable bonds is 3. The topological polar surface area (TPSA) is 68.0 Å². The number of thiazole rings is 1.